The molecule has 6 heteroatoms. The van der Waals surface area contributed by atoms with Crippen molar-refractivity contribution in [2.45, 2.75) is 39.3 Å². The molecule has 0 atom stereocenters. The van der Waals surface area contributed by atoms with Crippen molar-refractivity contribution in [3.05, 3.63) is 35.5 Å². The number of anilines is 2. The van der Waals surface area contributed by atoms with Crippen LogP contribution in [-0.2, 0) is 13.0 Å². The van der Waals surface area contributed by atoms with Crippen molar-refractivity contribution >= 4 is 11.8 Å². The third kappa shape index (κ3) is 3.95. The number of aromatic nitrogens is 2. The largest absolute Gasteiger partial charge is 0.493 e. The van der Waals surface area contributed by atoms with Crippen molar-refractivity contribution < 1.29 is 9.47 Å². The maximum atomic E-state index is 5.44. The van der Waals surface area contributed by atoms with Crippen LogP contribution in [0.25, 0.3) is 0 Å². The van der Waals surface area contributed by atoms with Crippen LogP contribution < -0.4 is 19.7 Å². The van der Waals surface area contributed by atoms with Gasteiger partial charge < -0.3 is 19.7 Å². The lowest BCUT2D eigenvalue weighted by Crippen LogP contribution is -2.32. The Morgan fingerprint density at radius 1 is 1.08 bits per heavy atom. The van der Waals surface area contributed by atoms with Gasteiger partial charge in [-0.25, -0.2) is 4.98 Å². The molecule has 0 spiro atoms. The molecule has 0 amide bonds. The van der Waals surface area contributed by atoms with Gasteiger partial charge in [0.25, 0.3) is 0 Å². The van der Waals surface area contributed by atoms with Gasteiger partial charge in [-0.2, -0.15) is 4.98 Å². The number of nitrogens with zero attached hydrogens (tertiary/aromatic N) is 3. The summed E-state index contributed by atoms with van der Waals surface area (Å²) in [6.07, 6.45) is 2.75. The highest BCUT2D eigenvalue weighted by Crippen LogP contribution is 2.34. The van der Waals surface area contributed by atoms with Crippen molar-refractivity contribution in [3.63, 3.8) is 0 Å². The third-order valence-corrected chi connectivity index (χ3v) is 4.17. The third-order valence-electron chi connectivity index (χ3n) is 4.17. The number of ether oxygens (including phenoxy) is 2. The number of fused-ring (bicyclic) bond motifs is 1. The summed E-state index contributed by atoms with van der Waals surface area (Å²) in [6.45, 7) is 8.00. The van der Waals surface area contributed by atoms with E-state index < -0.39 is 0 Å². The number of nitrogens with one attached hydrogen (secondary N) is 1. The summed E-state index contributed by atoms with van der Waals surface area (Å²) in [4.78, 5) is 11.3. The van der Waals surface area contributed by atoms with Gasteiger partial charge in [-0.3, -0.25) is 0 Å². The number of benzene rings is 1. The van der Waals surface area contributed by atoms with Gasteiger partial charge >= 0.3 is 0 Å². The Kier molecular flexibility index (Phi) is 4.70. The van der Waals surface area contributed by atoms with Gasteiger partial charge in [0, 0.05) is 24.8 Å². The standard InChI is InChI=1S/C19H26N4O2/c1-19(2,3)22-18-20-8-6-17(21-18)23-9-7-13-10-15(24-4)16(25-5)11-14(13)12-23/h6,8,10-11H,7,9,12H2,1-5H3,(H,20,21,22). The van der Waals surface area contributed by atoms with E-state index in [0.29, 0.717) is 5.95 Å². The SMILES string of the molecule is COc1cc2c(cc1OC)CN(c1ccnc(NC(C)(C)C)n1)CC2. The Morgan fingerprint density at radius 3 is 2.40 bits per heavy atom. The zero-order valence-electron chi connectivity index (χ0n) is 15.6. The van der Waals surface area contributed by atoms with Gasteiger partial charge in [0.15, 0.2) is 11.5 Å². The molecule has 2 heterocycles. The lowest BCUT2D eigenvalue weighted by atomic mass is 9.99. The van der Waals surface area contributed by atoms with E-state index >= 15 is 0 Å². The zero-order chi connectivity index (χ0) is 18.0. The summed E-state index contributed by atoms with van der Waals surface area (Å²) < 4.78 is 10.8. The molecule has 0 unspecified atom stereocenters. The summed E-state index contributed by atoms with van der Waals surface area (Å²) in [5.41, 5.74) is 2.47. The Morgan fingerprint density at radius 2 is 1.76 bits per heavy atom. The molecule has 1 N–H and O–H groups in total. The summed E-state index contributed by atoms with van der Waals surface area (Å²) in [7, 11) is 3.34. The molecule has 1 aromatic carbocycles. The summed E-state index contributed by atoms with van der Waals surface area (Å²) >= 11 is 0. The van der Waals surface area contributed by atoms with Crippen LogP contribution in [0.3, 0.4) is 0 Å². The van der Waals surface area contributed by atoms with Gasteiger partial charge in [0.2, 0.25) is 5.95 Å². The van der Waals surface area contributed by atoms with Crippen LogP contribution in [-0.4, -0.2) is 36.3 Å². The molecule has 3 rings (SSSR count). The van der Waals surface area contributed by atoms with Crippen molar-refractivity contribution in [2.75, 3.05) is 31.0 Å². The first-order valence-corrected chi connectivity index (χ1v) is 8.49. The van der Waals surface area contributed by atoms with Crippen LogP contribution in [0.2, 0.25) is 0 Å². The number of methoxy groups -OCH3 is 2. The average Bonchev–Trinajstić information content (AvgIpc) is 2.58. The molecule has 0 saturated carbocycles. The van der Waals surface area contributed by atoms with E-state index in [1.807, 2.05) is 6.07 Å². The Labute approximate surface area is 149 Å². The van der Waals surface area contributed by atoms with Crippen LogP contribution in [0.1, 0.15) is 31.9 Å². The molecular weight excluding hydrogens is 316 g/mol. The molecule has 1 aliphatic rings. The molecular formula is C19H26N4O2. The van der Waals surface area contributed by atoms with Gasteiger partial charge in [-0.1, -0.05) is 0 Å². The maximum Gasteiger partial charge on any atom is 0.225 e. The number of hydrogen-bond donors (Lipinski definition) is 1. The first-order valence-electron chi connectivity index (χ1n) is 8.49. The van der Waals surface area contributed by atoms with E-state index in [0.717, 1.165) is 36.8 Å². The van der Waals surface area contributed by atoms with Crippen LogP contribution in [0.15, 0.2) is 24.4 Å². The molecule has 134 valence electrons. The lowest BCUT2D eigenvalue weighted by molar-refractivity contribution is 0.353. The van der Waals surface area contributed by atoms with Crippen molar-refractivity contribution in [1.82, 2.24) is 9.97 Å². The van der Waals surface area contributed by atoms with Gasteiger partial charge in [-0.05, 0) is 56.5 Å². The minimum absolute atomic E-state index is 0.0724. The smallest absolute Gasteiger partial charge is 0.225 e. The Bertz CT molecular complexity index is 756. The second kappa shape index (κ2) is 6.78. The molecule has 25 heavy (non-hydrogen) atoms. The van der Waals surface area contributed by atoms with Gasteiger partial charge in [-0.15, -0.1) is 0 Å². The fourth-order valence-corrected chi connectivity index (χ4v) is 3.00. The van der Waals surface area contributed by atoms with E-state index in [-0.39, 0.29) is 5.54 Å². The first-order chi connectivity index (χ1) is 11.9. The molecule has 1 aromatic heterocycles. The number of hydrogen-bond acceptors (Lipinski definition) is 6. The van der Waals surface area contributed by atoms with Gasteiger partial charge in [0.05, 0.1) is 14.2 Å². The lowest BCUT2D eigenvalue weighted by Gasteiger charge is -2.31. The topological polar surface area (TPSA) is 59.5 Å². The maximum absolute atomic E-state index is 5.44. The minimum atomic E-state index is -0.0724. The molecule has 0 radical (unpaired) electrons. The molecule has 0 bridgehead atoms. The van der Waals surface area contributed by atoms with E-state index in [4.69, 9.17) is 9.47 Å². The molecule has 2 aromatic rings. The van der Waals surface area contributed by atoms with E-state index in [2.05, 4.69) is 53.1 Å². The Balaban J connectivity index is 1.84. The van der Waals surface area contributed by atoms with Crippen LogP contribution >= 0.6 is 0 Å². The predicted octanol–water partition coefficient (Wildman–Crippen LogP) is 3.27. The predicted molar refractivity (Wildman–Crippen MR) is 99.7 cm³/mol. The monoisotopic (exact) mass is 342 g/mol. The van der Waals surface area contributed by atoms with E-state index in [1.54, 1.807) is 20.4 Å². The first kappa shape index (κ1) is 17.3. The van der Waals surface area contributed by atoms with Crippen LogP contribution in [0, 0.1) is 0 Å². The van der Waals surface area contributed by atoms with Crippen molar-refractivity contribution in [1.29, 1.82) is 0 Å². The average molecular weight is 342 g/mol. The second-order valence-corrected chi connectivity index (χ2v) is 7.26. The zero-order valence-corrected chi connectivity index (χ0v) is 15.6. The van der Waals surface area contributed by atoms with Gasteiger partial charge in [0.1, 0.15) is 5.82 Å². The summed E-state index contributed by atoms with van der Waals surface area (Å²) in [6, 6.07) is 6.10. The molecule has 1 aliphatic heterocycles. The van der Waals surface area contributed by atoms with E-state index in [9.17, 15) is 0 Å². The quantitative estimate of drug-likeness (QED) is 0.920. The second-order valence-electron chi connectivity index (χ2n) is 7.26. The highest BCUT2D eigenvalue weighted by Gasteiger charge is 2.21. The van der Waals surface area contributed by atoms with E-state index in [1.165, 1.54) is 11.1 Å². The normalized spacial score (nSPS) is 14.0. The fraction of sp³-hybridized carbons (Fsp3) is 0.474. The van der Waals surface area contributed by atoms with Crippen LogP contribution in [0.4, 0.5) is 11.8 Å². The highest BCUT2D eigenvalue weighted by atomic mass is 16.5. The summed E-state index contributed by atoms with van der Waals surface area (Å²) in [5, 5.41) is 3.33. The fourth-order valence-electron chi connectivity index (χ4n) is 3.00. The Hall–Kier alpha value is -2.50. The summed E-state index contributed by atoms with van der Waals surface area (Å²) in [5.74, 6) is 3.14. The molecule has 6 nitrogen and oxygen atoms in total. The van der Waals surface area contributed by atoms with Crippen LogP contribution in [0.5, 0.6) is 11.5 Å². The highest BCUT2D eigenvalue weighted by molar-refractivity contribution is 5.52. The van der Waals surface area contributed by atoms with Crippen molar-refractivity contribution in [2.24, 2.45) is 0 Å². The minimum Gasteiger partial charge on any atom is -0.493 e. The van der Waals surface area contributed by atoms with Crippen molar-refractivity contribution in [3.8, 4) is 11.5 Å². The molecule has 0 aliphatic carbocycles. The molecule has 0 fully saturated rings. The molecule has 0 saturated heterocycles. The number of rotatable bonds is 4.